The number of carbonyl (C=O) groups is 1. The van der Waals surface area contributed by atoms with Crippen LogP contribution < -0.4 is 0 Å². The van der Waals surface area contributed by atoms with Crippen LogP contribution in [0.15, 0.2) is 24.3 Å². The van der Waals surface area contributed by atoms with Gasteiger partial charge in [-0.05, 0) is 37.6 Å². The van der Waals surface area contributed by atoms with Crippen molar-refractivity contribution in [1.82, 2.24) is 9.80 Å². The molecule has 1 atom stereocenters. The van der Waals surface area contributed by atoms with E-state index in [-0.39, 0.29) is 5.91 Å². The molecule has 0 aromatic heterocycles. The van der Waals surface area contributed by atoms with Crippen molar-refractivity contribution in [2.75, 3.05) is 34.4 Å². The van der Waals surface area contributed by atoms with Gasteiger partial charge in [0.15, 0.2) is 0 Å². The Kier molecular flexibility index (Phi) is 5.76. The first-order chi connectivity index (χ1) is 10.1. The summed E-state index contributed by atoms with van der Waals surface area (Å²) in [6.07, 6.45) is 1.61. The molecule has 1 saturated heterocycles. The highest BCUT2D eigenvalue weighted by Crippen LogP contribution is 2.19. The van der Waals surface area contributed by atoms with Crippen LogP contribution in [0.1, 0.15) is 24.0 Å². The lowest BCUT2D eigenvalue weighted by Gasteiger charge is -2.21. The fourth-order valence-electron chi connectivity index (χ4n) is 2.70. The van der Waals surface area contributed by atoms with E-state index < -0.39 is 0 Å². The molecule has 0 bridgehead atoms. The highest BCUT2D eigenvalue weighted by Gasteiger charge is 2.21. The first-order valence-corrected chi connectivity index (χ1v) is 7.59. The van der Waals surface area contributed by atoms with Crippen molar-refractivity contribution in [2.24, 2.45) is 5.92 Å². The molecule has 4 heteroatoms. The Morgan fingerprint density at radius 3 is 2.43 bits per heavy atom. The highest BCUT2D eigenvalue weighted by atomic mass is 16.5. The van der Waals surface area contributed by atoms with Gasteiger partial charge in [-0.1, -0.05) is 24.3 Å². The third-order valence-electron chi connectivity index (χ3n) is 3.93. The zero-order valence-corrected chi connectivity index (χ0v) is 13.3. The first-order valence-electron chi connectivity index (χ1n) is 7.59. The normalized spacial score (nSPS) is 18.2. The summed E-state index contributed by atoms with van der Waals surface area (Å²) in [6.45, 7) is 3.11. The van der Waals surface area contributed by atoms with Gasteiger partial charge in [0, 0.05) is 39.8 Å². The Balaban J connectivity index is 1.95. The zero-order chi connectivity index (χ0) is 15.2. The standard InChI is InChI=1S/C17H26N2O2/c1-18(2)11-15-6-4-5-7-16(15)12-19(3)17(20)10-14-8-9-21-13-14/h4-7,14H,8-13H2,1-3H3/t14-/m0/s1. The Morgan fingerprint density at radius 2 is 1.86 bits per heavy atom. The topological polar surface area (TPSA) is 32.8 Å². The Hall–Kier alpha value is -1.39. The molecule has 1 heterocycles. The van der Waals surface area contributed by atoms with Crippen LogP contribution in [0.4, 0.5) is 0 Å². The second-order valence-corrected chi connectivity index (χ2v) is 6.19. The number of carbonyl (C=O) groups excluding carboxylic acids is 1. The lowest BCUT2D eigenvalue weighted by atomic mass is 10.0. The van der Waals surface area contributed by atoms with Crippen LogP contribution in [0.5, 0.6) is 0 Å². The minimum Gasteiger partial charge on any atom is -0.381 e. The molecule has 1 aliphatic rings. The maximum absolute atomic E-state index is 12.3. The third kappa shape index (κ3) is 4.83. The van der Waals surface area contributed by atoms with Crippen LogP contribution in [-0.4, -0.2) is 50.1 Å². The van der Waals surface area contributed by atoms with Gasteiger partial charge in [0.1, 0.15) is 0 Å². The van der Waals surface area contributed by atoms with E-state index in [0.717, 1.165) is 26.2 Å². The number of rotatable bonds is 6. The van der Waals surface area contributed by atoms with Crippen molar-refractivity contribution >= 4 is 5.91 Å². The van der Waals surface area contributed by atoms with Crippen molar-refractivity contribution in [3.63, 3.8) is 0 Å². The summed E-state index contributed by atoms with van der Waals surface area (Å²) in [7, 11) is 6.02. The van der Waals surface area contributed by atoms with E-state index >= 15 is 0 Å². The van der Waals surface area contributed by atoms with E-state index in [9.17, 15) is 4.79 Å². The quantitative estimate of drug-likeness (QED) is 0.804. The van der Waals surface area contributed by atoms with Crippen LogP contribution in [0.25, 0.3) is 0 Å². The summed E-state index contributed by atoms with van der Waals surface area (Å²) in [4.78, 5) is 16.3. The molecule has 116 valence electrons. The van der Waals surface area contributed by atoms with Crippen molar-refractivity contribution in [3.05, 3.63) is 35.4 Å². The number of amides is 1. The van der Waals surface area contributed by atoms with Crippen molar-refractivity contribution in [2.45, 2.75) is 25.9 Å². The molecule has 1 fully saturated rings. The molecule has 1 aliphatic heterocycles. The van der Waals surface area contributed by atoms with E-state index in [2.05, 4.69) is 37.2 Å². The minimum atomic E-state index is 0.213. The average molecular weight is 290 g/mol. The van der Waals surface area contributed by atoms with Crippen LogP contribution in [0.2, 0.25) is 0 Å². The lowest BCUT2D eigenvalue weighted by Crippen LogP contribution is -2.28. The van der Waals surface area contributed by atoms with Gasteiger partial charge in [0.25, 0.3) is 0 Å². The molecule has 21 heavy (non-hydrogen) atoms. The summed E-state index contributed by atoms with van der Waals surface area (Å²) < 4.78 is 5.34. The average Bonchev–Trinajstić information content (AvgIpc) is 2.93. The second-order valence-electron chi connectivity index (χ2n) is 6.19. The molecule has 0 radical (unpaired) electrons. The molecule has 0 saturated carbocycles. The van der Waals surface area contributed by atoms with Crippen molar-refractivity contribution in [3.8, 4) is 0 Å². The molecule has 1 aromatic carbocycles. The maximum atomic E-state index is 12.3. The van der Waals surface area contributed by atoms with Gasteiger partial charge < -0.3 is 14.5 Å². The Labute approximate surface area is 127 Å². The monoisotopic (exact) mass is 290 g/mol. The van der Waals surface area contributed by atoms with Gasteiger partial charge in [0.05, 0.1) is 0 Å². The van der Waals surface area contributed by atoms with E-state index in [1.807, 2.05) is 18.0 Å². The molecule has 4 nitrogen and oxygen atoms in total. The third-order valence-corrected chi connectivity index (χ3v) is 3.93. The van der Waals surface area contributed by atoms with E-state index in [0.29, 0.717) is 18.9 Å². The summed E-state index contributed by atoms with van der Waals surface area (Å²) >= 11 is 0. The van der Waals surface area contributed by atoms with Gasteiger partial charge in [0.2, 0.25) is 5.91 Å². The fourth-order valence-corrected chi connectivity index (χ4v) is 2.70. The summed E-state index contributed by atoms with van der Waals surface area (Å²) in [5, 5.41) is 0. The molecule has 1 aromatic rings. The molecule has 0 unspecified atom stereocenters. The van der Waals surface area contributed by atoms with Crippen LogP contribution >= 0.6 is 0 Å². The maximum Gasteiger partial charge on any atom is 0.222 e. The number of benzene rings is 1. The smallest absolute Gasteiger partial charge is 0.222 e. The fraction of sp³-hybridized carbons (Fsp3) is 0.588. The van der Waals surface area contributed by atoms with Gasteiger partial charge in [-0.25, -0.2) is 0 Å². The number of hydrogen-bond acceptors (Lipinski definition) is 3. The number of nitrogens with zero attached hydrogens (tertiary/aromatic N) is 2. The van der Waals surface area contributed by atoms with E-state index in [1.54, 1.807) is 0 Å². The van der Waals surface area contributed by atoms with Crippen molar-refractivity contribution in [1.29, 1.82) is 0 Å². The molecule has 0 aliphatic carbocycles. The zero-order valence-electron chi connectivity index (χ0n) is 13.3. The molecular weight excluding hydrogens is 264 g/mol. The summed E-state index contributed by atoms with van der Waals surface area (Å²) in [5.41, 5.74) is 2.51. The van der Waals surface area contributed by atoms with E-state index in [1.165, 1.54) is 11.1 Å². The van der Waals surface area contributed by atoms with Gasteiger partial charge >= 0.3 is 0 Å². The molecule has 2 rings (SSSR count). The molecular formula is C17H26N2O2. The summed E-state index contributed by atoms with van der Waals surface area (Å²) in [6, 6.07) is 8.34. The van der Waals surface area contributed by atoms with Crippen molar-refractivity contribution < 1.29 is 9.53 Å². The van der Waals surface area contributed by atoms with E-state index in [4.69, 9.17) is 4.74 Å². The first kappa shape index (κ1) is 16.0. The summed E-state index contributed by atoms with van der Waals surface area (Å²) in [5.74, 6) is 0.613. The van der Waals surface area contributed by atoms with Crippen LogP contribution in [-0.2, 0) is 22.6 Å². The largest absolute Gasteiger partial charge is 0.381 e. The minimum absolute atomic E-state index is 0.213. The second kappa shape index (κ2) is 7.57. The van der Waals surface area contributed by atoms with Crippen LogP contribution in [0.3, 0.4) is 0 Å². The molecule has 0 spiro atoms. The SMILES string of the molecule is CN(C)Cc1ccccc1CN(C)C(=O)C[C@@H]1CCOC1. The predicted octanol–water partition coefficient (Wildman–Crippen LogP) is 2.13. The lowest BCUT2D eigenvalue weighted by molar-refractivity contribution is -0.131. The van der Waals surface area contributed by atoms with Gasteiger partial charge in [-0.3, -0.25) is 4.79 Å². The van der Waals surface area contributed by atoms with Gasteiger partial charge in [-0.2, -0.15) is 0 Å². The highest BCUT2D eigenvalue weighted by molar-refractivity contribution is 5.76. The Morgan fingerprint density at radius 1 is 1.19 bits per heavy atom. The number of hydrogen-bond donors (Lipinski definition) is 0. The molecule has 1 amide bonds. The molecule has 0 N–H and O–H groups in total. The van der Waals surface area contributed by atoms with Gasteiger partial charge in [-0.15, -0.1) is 0 Å². The number of ether oxygens (including phenoxy) is 1. The van der Waals surface area contributed by atoms with Crippen LogP contribution in [0, 0.1) is 5.92 Å². The Bertz CT molecular complexity index is 468. The predicted molar refractivity (Wildman–Crippen MR) is 83.9 cm³/mol.